The molecule has 0 aromatic heterocycles. The van der Waals surface area contributed by atoms with E-state index in [1.165, 1.54) is 0 Å². The number of aryl methyl sites for hydroxylation is 1. The predicted molar refractivity (Wildman–Crippen MR) is 73.1 cm³/mol. The molecule has 3 heteroatoms. The minimum atomic E-state index is 0.216. The van der Waals surface area contributed by atoms with Crippen LogP contribution >= 0.6 is 0 Å². The van der Waals surface area contributed by atoms with E-state index in [9.17, 15) is 5.11 Å². The highest BCUT2D eigenvalue weighted by Crippen LogP contribution is 2.28. The first-order valence-electron chi connectivity index (χ1n) is 5.67. The maximum absolute atomic E-state index is 9.65. The summed E-state index contributed by atoms with van der Waals surface area (Å²) in [7, 11) is 1.61. The zero-order valence-corrected chi connectivity index (χ0v) is 10.4. The molecule has 0 fully saturated rings. The van der Waals surface area contributed by atoms with E-state index >= 15 is 0 Å². The van der Waals surface area contributed by atoms with E-state index in [1.807, 2.05) is 31.2 Å². The summed E-state index contributed by atoms with van der Waals surface area (Å²) >= 11 is 0. The second-order valence-corrected chi connectivity index (χ2v) is 3.99. The zero-order chi connectivity index (χ0) is 13.0. The van der Waals surface area contributed by atoms with Gasteiger partial charge in [-0.3, -0.25) is 4.99 Å². The summed E-state index contributed by atoms with van der Waals surface area (Å²) in [6.07, 6.45) is 1.63. The van der Waals surface area contributed by atoms with Crippen LogP contribution in [0.5, 0.6) is 11.5 Å². The van der Waals surface area contributed by atoms with Crippen LogP contribution in [-0.4, -0.2) is 18.4 Å². The van der Waals surface area contributed by atoms with E-state index < -0.39 is 0 Å². The Balaban J connectivity index is 2.34. The van der Waals surface area contributed by atoms with Crippen LogP contribution in [0.25, 0.3) is 0 Å². The van der Waals surface area contributed by atoms with Crippen LogP contribution in [0.2, 0.25) is 0 Å². The summed E-state index contributed by atoms with van der Waals surface area (Å²) in [4.78, 5) is 4.36. The number of hydrogen-bond acceptors (Lipinski definition) is 3. The van der Waals surface area contributed by atoms with Crippen molar-refractivity contribution in [2.75, 3.05) is 7.11 Å². The third-order valence-electron chi connectivity index (χ3n) is 2.61. The summed E-state index contributed by atoms with van der Waals surface area (Å²) < 4.78 is 5.24. The maximum Gasteiger partial charge on any atom is 0.144 e. The molecule has 2 aromatic rings. The van der Waals surface area contributed by atoms with Gasteiger partial charge in [0, 0.05) is 11.8 Å². The quantitative estimate of drug-likeness (QED) is 0.836. The summed E-state index contributed by atoms with van der Waals surface area (Å²) in [6, 6.07) is 12.9. The van der Waals surface area contributed by atoms with Crippen molar-refractivity contribution in [3.8, 4) is 11.5 Å². The van der Waals surface area contributed by atoms with Gasteiger partial charge >= 0.3 is 0 Å². The standard InChI is InChI=1S/C15H15NO2/c1-11-7-8-15(18-2)13(9-11)16-10-12-5-3-4-6-14(12)17/h3-10,17H,1-2H3. The van der Waals surface area contributed by atoms with E-state index in [1.54, 1.807) is 31.5 Å². The van der Waals surface area contributed by atoms with Crippen molar-refractivity contribution in [3.63, 3.8) is 0 Å². The first kappa shape index (κ1) is 12.2. The number of para-hydroxylation sites is 1. The monoisotopic (exact) mass is 241 g/mol. The summed E-state index contributed by atoms with van der Waals surface area (Å²) in [6.45, 7) is 2.00. The Labute approximate surface area is 106 Å². The normalized spacial score (nSPS) is 10.8. The topological polar surface area (TPSA) is 41.8 Å². The van der Waals surface area contributed by atoms with Crippen LogP contribution in [0.3, 0.4) is 0 Å². The van der Waals surface area contributed by atoms with Gasteiger partial charge in [-0.05, 0) is 36.8 Å². The smallest absolute Gasteiger partial charge is 0.144 e. The Morgan fingerprint density at radius 2 is 1.94 bits per heavy atom. The molecule has 0 aliphatic rings. The van der Waals surface area contributed by atoms with Gasteiger partial charge in [0.15, 0.2) is 0 Å². The van der Waals surface area contributed by atoms with Gasteiger partial charge in [0.25, 0.3) is 0 Å². The van der Waals surface area contributed by atoms with Crippen LogP contribution in [0, 0.1) is 6.92 Å². The van der Waals surface area contributed by atoms with Crippen LogP contribution in [-0.2, 0) is 0 Å². The van der Waals surface area contributed by atoms with E-state index in [0.29, 0.717) is 11.3 Å². The molecule has 0 saturated heterocycles. The Hall–Kier alpha value is -2.29. The molecule has 2 aromatic carbocycles. The number of methoxy groups -OCH3 is 1. The molecule has 0 saturated carbocycles. The number of rotatable bonds is 3. The van der Waals surface area contributed by atoms with Gasteiger partial charge < -0.3 is 9.84 Å². The highest BCUT2D eigenvalue weighted by molar-refractivity contribution is 5.85. The first-order valence-corrected chi connectivity index (χ1v) is 5.67. The van der Waals surface area contributed by atoms with Gasteiger partial charge in [-0.1, -0.05) is 18.2 Å². The molecule has 0 spiro atoms. The molecule has 18 heavy (non-hydrogen) atoms. The SMILES string of the molecule is COc1ccc(C)cc1N=Cc1ccccc1O. The highest BCUT2D eigenvalue weighted by Gasteiger charge is 2.01. The fraction of sp³-hybridized carbons (Fsp3) is 0.133. The molecule has 0 heterocycles. The van der Waals surface area contributed by atoms with Gasteiger partial charge in [-0.15, -0.1) is 0 Å². The van der Waals surface area contributed by atoms with Crippen LogP contribution < -0.4 is 4.74 Å². The lowest BCUT2D eigenvalue weighted by atomic mass is 10.2. The molecule has 0 amide bonds. The lowest BCUT2D eigenvalue weighted by molar-refractivity contribution is 0.416. The zero-order valence-electron chi connectivity index (χ0n) is 10.4. The van der Waals surface area contributed by atoms with Crippen molar-refractivity contribution in [2.24, 2.45) is 4.99 Å². The molecule has 0 atom stereocenters. The van der Waals surface area contributed by atoms with E-state index in [-0.39, 0.29) is 5.75 Å². The predicted octanol–water partition coefficient (Wildman–Crippen LogP) is 3.46. The number of nitrogens with zero attached hydrogens (tertiary/aromatic N) is 1. The number of phenolic OH excluding ortho intramolecular Hbond substituents is 1. The summed E-state index contributed by atoms with van der Waals surface area (Å²) in [5.74, 6) is 0.931. The van der Waals surface area contributed by atoms with E-state index in [2.05, 4.69) is 4.99 Å². The van der Waals surface area contributed by atoms with E-state index in [4.69, 9.17) is 4.74 Å². The first-order chi connectivity index (χ1) is 8.70. The average Bonchev–Trinajstić information content (AvgIpc) is 2.38. The molecule has 1 N–H and O–H groups in total. The number of phenols is 1. The summed E-state index contributed by atoms with van der Waals surface area (Å²) in [5, 5.41) is 9.65. The number of aliphatic imine (C=N–C) groups is 1. The Morgan fingerprint density at radius 1 is 1.17 bits per heavy atom. The number of hydrogen-bond donors (Lipinski definition) is 1. The van der Waals surface area contributed by atoms with Crippen molar-refractivity contribution in [3.05, 3.63) is 53.6 Å². The van der Waals surface area contributed by atoms with Crippen LogP contribution in [0.4, 0.5) is 5.69 Å². The van der Waals surface area contributed by atoms with Crippen molar-refractivity contribution in [1.82, 2.24) is 0 Å². The lowest BCUT2D eigenvalue weighted by Gasteiger charge is -2.05. The Bertz CT molecular complexity index is 576. The number of aromatic hydroxyl groups is 1. The molecule has 92 valence electrons. The van der Waals surface area contributed by atoms with Gasteiger partial charge in [-0.25, -0.2) is 0 Å². The molecule has 0 radical (unpaired) electrons. The van der Waals surface area contributed by atoms with E-state index in [0.717, 1.165) is 11.3 Å². The number of ether oxygens (including phenoxy) is 1. The fourth-order valence-corrected chi connectivity index (χ4v) is 1.64. The molecular formula is C15H15NO2. The van der Waals surface area contributed by atoms with Gasteiger partial charge in [-0.2, -0.15) is 0 Å². The van der Waals surface area contributed by atoms with Gasteiger partial charge in [0.05, 0.1) is 7.11 Å². The lowest BCUT2D eigenvalue weighted by Crippen LogP contribution is -1.86. The van der Waals surface area contributed by atoms with Gasteiger partial charge in [0.2, 0.25) is 0 Å². The molecular weight excluding hydrogens is 226 g/mol. The fourth-order valence-electron chi connectivity index (χ4n) is 1.64. The molecule has 0 bridgehead atoms. The Morgan fingerprint density at radius 3 is 2.67 bits per heavy atom. The Kier molecular flexibility index (Phi) is 3.63. The largest absolute Gasteiger partial charge is 0.507 e. The third kappa shape index (κ3) is 2.69. The van der Waals surface area contributed by atoms with Crippen molar-refractivity contribution in [2.45, 2.75) is 6.92 Å². The summed E-state index contributed by atoms with van der Waals surface area (Å²) in [5.41, 5.74) is 2.54. The average molecular weight is 241 g/mol. The second kappa shape index (κ2) is 5.36. The molecule has 0 aliphatic heterocycles. The second-order valence-electron chi connectivity index (χ2n) is 3.99. The minimum absolute atomic E-state index is 0.216. The third-order valence-corrected chi connectivity index (χ3v) is 2.61. The molecule has 2 rings (SSSR count). The number of benzene rings is 2. The van der Waals surface area contributed by atoms with Crippen molar-refractivity contribution < 1.29 is 9.84 Å². The van der Waals surface area contributed by atoms with Gasteiger partial charge in [0.1, 0.15) is 17.2 Å². The van der Waals surface area contributed by atoms with Crippen LogP contribution in [0.1, 0.15) is 11.1 Å². The van der Waals surface area contributed by atoms with Crippen molar-refractivity contribution >= 4 is 11.9 Å². The molecule has 3 nitrogen and oxygen atoms in total. The van der Waals surface area contributed by atoms with Crippen LogP contribution in [0.15, 0.2) is 47.5 Å². The molecule has 0 unspecified atom stereocenters. The molecule has 0 aliphatic carbocycles. The minimum Gasteiger partial charge on any atom is -0.507 e. The maximum atomic E-state index is 9.65. The van der Waals surface area contributed by atoms with Crippen molar-refractivity contribution in [1.29, 1.82) is 0 Å². The highest BCUT2D eigenvalue weighted by atomic mass is 16.5.